The van der Waals surface area contributed by atoms with Crippen LogP contribution in [0.3, 0.4) is 0 Å². The minimum Gasteiger partial charge on any atom is -0.350 e. The number of rotatable bonds is 5. The molecule has 1 aromatic carbocycles. The molecular formula is C15H15N3OS2. The van der Waals surface area contributed by atoms with Crippen molar-refractivity contribution in [2.24, 2.45) is 0 Å². The fourth-order valence-corrected chi connectivity index (χ4v) is 3.33. The van der Waals surface area contributed by atoms with Gasteiger partial charge in [-0.3, -0.25) is 9.20 Å². The number of aromatic nitrogens is 2. The first-order valence-corrected chi connectivity index (χ1v) is 8.44. The fraction of sp³-hybridized carbons (Fsp3) is 0.200. The molecule has 0 bridgehead atoms. The number of thiazole rings is 1. The number of carbonyl (C=O) groups excluding carboxylic acids is 1. The second-order valence-electron chi connectivity index (χ2n) is 4.70. The van der Waals surface area contributed by atoms with Crippen molar-refractivity contribution in [2.75, 3.05) is 5.75 Å². The van der Waals surface area contributed by atoms with Gasteiger partial charge in [0.25, 0.3) is 0 Å². The average molecular weight is 317 g/mol. The summed E-state index contributed by atoms with van der Waals surface area (Å²) >= 11 is 3.13. The Labute approximate surface area is 131 Å². The van der Waals surface area contributed by atoms with Crippen molar-refractivity contribution in [3.63, 3.8) is 0 Å². The van der Waals surface area contributed by atoms with Gasteiger partial charge in [0.2, 0.25) is 5.91 Å². The van der Waals surface area contributed by atoms with Gasteiger partial charge in [0.1, 0.15) is 0 Å². The summed E-state index contributed by atoms with van der Waals surface area (Å²) in [5, 5.41) is 4.89. The smallest absolute Gasteiger partial charge is 0.230 e. The number of nitrogens with zero attached hydrogens (tertiary/aromatic N) is 2. The molecule has 3 rings (SSSR count). The van der Waals surface area contributed by atoms with E-state index in [1.54, 1.807) is 23.1 Å². The Kier molecular flexibility index (Phi) is 4.26. The fourth-order valence-electron chi connectivity index (χ4n) is 1.88. The van der Waals surface area contributed by atoms with Gasteiger partial charge in [-0.2, -0.15) is 0 Å². The lowest BCUT2D eigenvalue weighted by Gasteiger charge is -2.03. The van der Waals surface area contributed by atoms with E-state index in [0.717, 1.165) is 15.6 Å². The van der Waals surface area contributed by atoms with Gasteiger partial charge in [-0.25, -0.2) is 4.98 Å². The summed E-state index contributed by atoms with van der Waals surface area (Å²) in [5.41, 5.74) is 2.11. The number of carbonyl (C=O) groups is 1. The molecule has 6 heteroatoms. The number of hydrogen-bond donors (Lipinski definition) is 1. The van der Waals surface area contributed by atoms with Gasteiger partial charge in [-0.1, -0.05) is 17.7 Å². The maximum atomic E-state index is 11.8. The van der Waals surface area contributed by atoms with Crippen molar-refractivity contribution in [3.05, 3.63) is 53.3 Å². The first-order chi connectivity index (χ1) is 10.2. The van der Waals surface area contributed by atoms with E-state index in [0.29, 0.717) is 12.3 Å². The number of nitrogens with one attached hydrogen (secondary N) is 1. The van der Waals surface area contributed by atoms with E-state index in [2.05, 4.69) is 29.4 Å². The molecule has 21 heavy (non-hydrogen) atoms. The summed E-state index contributed by atoms with van der Waals surface area (Å²) in [6.07, 6.45) is 3.91. The number of fused-ring (bicyclic) bond motifs is 1. The van der Waals surface area contributed by atoms with Crippen LogP contribution in [0, 0.1) is 6.92 Å². The topological polar surface area (TPSA) is 46.4 Å². The highest BCUT2D eigenvalue weighted by Crippen LogP contribution is 2.18. The molecule has 0 radical (unpaired) electrons. The Bertz CT molecular complexity index is 717. The molecule has 2 heterocycles. The van der Waals surface area contributed by atoms with E-state index >= 15 is 0 Å². The molecule has 0 saturated heterocycles. The van der Waals surface area contributed by atoms with E-state index in [1.165, 1.54) is 5.56 Å². The highest BCUT2D eigenvalue weighted by atomic mass is 32.2. The zero-order valence-electron chi connectivity index (χ0n) is 11.6. The third-order valence-electron chi connectivity index (χ3n) is 3.00. The Morgan fingerprint density at radius 3 is 2.95 bits per heavy atom. The third-order valence-corrected chi connectivity index (χ3v) is 4.78. The van der Waals surface area contributed by atoms with Gasteiger partial charge in [0, 0.05) is 22.7 Å². The quantitative estimate of drug-likeness (QED) is 0.736. The Morgan fingerprint density at radius 1 is 1.38 bits per heavy atom. The molecule has 2 aromatic heterocycles. The Morgan fingerprint density at radius 2 is 2.19 bits per heavy atom. The zero-order valence-corrected chi connectivity index (χ0v) is 13.2. The van der Waals surface area contributed by atoms with Crippen LogP contribution in [0.2, 0.25) is 0 Å². The largest absolute Gasteiger partial charge is 0.350 e. The molecule has 0 unspecified atom stereocenters. The van der Waals surface area contributed by atoms with Crippen molar-refractivity contribution in [2.45, 2.75) is 18.4 Å². The summed E-state index contributed by atoms with van der Waals surface area (Å²) in [6, 6.07) is 8.18. The lowest BCUT2D eigenvalue weighted by Crippen LogP contribution is -2.24. The first-order valence-electron chi connectivity index (χ1n) is 6.58. The molecular weight excluding hydrogens is 302 g/mol. The van der Waals surface area contributed by atoms with Crippen molar-refractivity contribution >= 4 is 34.0 Å². The zero-order chi connectivity index (χ0) is 14.7. The number of amides is 1. The molecule has 0 spiro atoms. The molecule has 0 aliphatic carbocycles. The number of imidazole rings is 1. The SMILES string of the molecule is Cc1ccc(SCC(=O)NCc2cn3ccsc3n2)cc1. The monoisotopic (exact) mass is 317 g/mol. The minimum atomic E-state index is 0.0249. The lowest BCUT2D eigenvalue weighted by atomic mass is 10.2. The maximum Gasteiger partial charge on any atom is 0.230 e. The first kappa shape index (κ1) is 14.2. The van der Waals surface area contributed by atoms with Crippen molar-refractivity contribution in [3.8, 4) is 0 Å². The number of aryl methyl sites for hydroxylation is 1. The van der Waals surface area contributed by atoms with Gasteiger partial charge in [-0.05, 0) is 19.1 Å². The van der Waals surface area contributed by atoms with Crippen LogP contribution in [0.5, 0.6) is 0 Å². The van der Waals surface area contributed by atoms with Gasteiger partial charge >= 0.3 is 0 Å². The van der Waals surface area contributed by atoms with E-state index in [9.17, 15) is 4.79 Å². The Balaban J connectivity index is 1.48. The molecule has 0 aliphatic rings. The van der Waals surface area contributed by atoms with Gasteiger partial charge in [0.15, 0.2) is 4.96 Å². The van der Waals surface area contributed by atoms with E-state index < -0.39 is 0 Å². The number of benzene rings is 1. The van der Waals surface area contributed by atoms with Gasteiger partial charge < -0.3 is 5.32 Å². The highest BCUT2D eigenvalue weighted by Gasteiger charge is 2.06. The van der Waals surface area contributed by atoms with E-state index in [4.69, 9.17) is 0 Å². The summed E-state index contributed by atoms with van der Waals surface area (Å²) in [7, 11) is 0. The van der Waals surface area contributed by atoms with Crippen LogP contribution >= 0.6 is 23.1 Å². The molecule has 108 valence electrons. The molecule has 1 N–H and O–H groups in total. The number of thioether (sulfide) groups is 1. The van der Waals surface area contributed by atoms with Crippen LogP contribution < -0.4 is 5.32 Å². The molecule has 4 nitrogen and oxygen atoms in total. The summed E-state index contributed by atoms with van der Waals surface area (Å²) in [5.74, 6) is 0.447. The normalized spacial score (nSPS) is 10.9. The molecule has 0 atom stereocenters. The summed E-state index contributed by atoms with van der Waals surface area (Å²) < 4.78 is 1.97. The molecule has 0 fully saturated rings. The van der Waals surface area contributed by atoms with Crippen LogP contribution in [-0.4, -0.2) is 21.0 Å². The molecule has 0 saturated carbocycles. The predicted octanol–water partition coefficient (Wildman–Crippen LogP) is 3.11. The van der Waals surface area contributed by atoms with E-state index in [-0.39, 0.29) is 5.91 Å². The Hall–Kier alpha value is -1.79. The van der Waals surface area contributed by atoms with Crippen LogP contribution in [0.1, 0.15) is 11.3 Å². The average Bonchev–Trinajstić information content (AvgIpc) is 3.05. The second kappa shape index (κ2) is 6.32. The highest BCUT2D eigenvalue weighted by molar-refractivity contribution is 8.00. The van der Waals surface area contributed by atoms with E-state index in [1.807, 2.05) is 34.3 Å². The summed E-state index contributed by atoms with van der Waals surface area (Å²) in [4.78, 5) is 18.3. The van der Waals surface area contributed by atoms with Crippen LogP contribution in [-0.2, 0) is 11.3 Å². The van der Waals surface area contributed by atoms with Gasteiger partial charge in [0.05, 0.1) is 18.0 Å². The lowest BCUT2D eigenvalue weighted by molar-refractivity contribution is -0.118. The minimum absolute atomic E-state index is 0.0249. The predicted molar refractivity (Wildman–Crippen MR) is 86.8 cm³/mol. The van der Waals surface area contributed by atoms with Gasteiger partial charge in [-0.15, -0.1) is 23.1 Å². The second-order valence-corrected chi connectivity index (χ2v) is 6.63. The van der Waals surface area contributed by atoms with Crippen molar-refractivity contribution in [1.82, 2.24) is 14.7 Å². The van der Waals surface area contributed by atoms with Crippen LogP contribution in [0.4, 0.5) is 0 Å². The standard InChI is InChI=1S/C15H15N3OS2/c1-11-2-4-13(5-3-11)21-10-14(19)16-8-12-9-18-6-7-20-15(18)17-12/h2-7,9H,8,10H2,1H3,(H,16,19). The molecule has 3 aromatic rings. The number of hydrogen-bond acceptors (Lipinski definition) is 4. The van der Waals surface area contributed by atoms with Crippen molar-refractivity contribution < 1.29 is 4.79 Å². The van der Waals surface area contributed by atoms with Crippen molar-refractivity contribution in [1.29, 1.82) is 0 Å². The van der Waals surface area contributed by atoms with Crippen LogP contribution in [0.15, 0.2) is 46.9 Å². The molecule has 1 amide bonds. The van der Waals surface area contributed by atoms with Crippen LogP contribution in [0.25, 0.3) is 4.96 Å². The third kappa shape index (κ3) is 3.65. The maximum absolute atomic E-state index is 11.8. The molecule has 0 aliphatic heterocycles. The summed E-state index contributed by atoms with van der Waals surface area (Å²) in [6.45, 7) is 2.53.